The predicted molar refractivity (Wildman–Crippen MR) is 137 cm³/mol. The summed E-state index contributed by atoms with van der Waals surface area (Å²) in [4.78, 5) is 40.7. The summed E-state index contributed by atoms with van der Waals surface area (Å²) >= 11 is 0. The lowest BCUT2D eigenvalue weighted by Gasteiger charge is -2.36. The molecule has 0 aliphatic carbocycles. The molecule has 0 radical (unpaired) electrons. The van der Waals surface area contributed by atoms with Crippen LogP contribution in [-0.4, -0.2) is 59.4 Å². The molecule has 8 nitrogen and oxygen atoms in total. The van der Waals surface area contributed by atoms with Gasteiger partial charge in [-0.15, -0.1) is 0 Å². The third-order valence-electron chi connectivity index (χ3n) is 6.61. The average molecular weight is 471 g/mol. The van der Waals surface area contributed by atoms with E-state index in [0.717, 1.165) is 23.0 Å². The zero-order valence-corrected chi connectivity index (χ0v) is 20.1. The minimum Gasteiger partial charge on any atom is -0.353 e. The molecule has 1 atom stereocenters. The third-order valence-corrected chi connectivity index (χ3v) is 6.61. The molecule has 3 aromatic rings. The van der Waals surface area contributed by atoms with Crippen LogP contribution in [0.4, 0.5) is 23.0 Å². The number of hydrogen-bond donors (Lipinski definition) is 1. The number of aromatic nitrogens is 2. The Morgan fingerprint density at radius 3 is 2.37 bits per heavy atom. The number of nitrogens with zero attached hydrogens (tertiary/aromatic N) is 5. The van der Waals surface area contributed by atoms with Gasteiger partial charge in [0.25, 0.3) is 0 Å². The van der Waals surface area contributed by atoms with E-state index in [4.69, 9.17) is 0 Å². The Labute approximate surface area is 205 Å². The van der Waals surface area contributed by atoms with Crippen molar-refractivity contribution >= 4 is 34.8 Å². The van der Waals surface area contributed by atoms with Gasteiger partial charge in [-0.1, -0.05) is 35.9 Å². The van der Waals surface area contributed by atoms with E-state index in [-0.39, 0.29) is 24.2 Å². The Bertz CT molecular complexity index is 1210. The van der Waals surface area contributed by atoms with E-state index in [9.17, 15) is 9.59 Å². The average Bonchev–Trinajstić information content (AvgIpc) is 3.27. The van der Waals surface area contributed by atoms with Crippen LogP contribution in [0.2, 0.25) is 0 Å². The zero-order chi connectivity index (χ0) is 24.4. The van der Waals surface area contributed by atoms with Gasteiger partial charge in [0.1, 0.15) is 17.5 Å². The topological polar surface area (TPSA) is 81.7 Å². The molecule has 0 saturated carbocycles. The van der Waals surface area contributed by atoms with Gasteiger partial charge in [0, 0.05) is 56.6 Å². The third kappa shape index (κ3) is 5.11. The van der Waals surface area contributed by atoms with Crippen molar-refractivity contribution in [1.29, 1.82) is 0 Å². The first-order chi connectivity index (χ1) is 17.0. The molecular formula is C27H30N6O2. The molecule has 0 spiro atoms. The molecule has 180 valence electrons. The van der Waals surface area contributed by atoms with E-state index in [0.29, 0.717) is 38.5 Å². The number of carbonyl (C=O) groups excluding carboxylic acids is 2. The highest BCUT2D eigenvalue weighted by atomic mass is 16.2. The van der Waals surface area contributed by atoms with Gasteiger partial charge in [0.2, 0.25) is 11.8 Å². The number of carbonyl (C=O) groups is 2. The summed E-state index contributed by atoms with van der Waals surface area (Å²) in [6.45, 7) is 6.99. The van der Waals surface area contributed by atoms with E-state index in [1.807, 2.05) is 60.4 Å². The molecule has 2 amide bonds. The highest BCUT2D eigenvalue weighted by molar-refractivity contribution is 6.00. The van der Waals surface area contributed by atoms with E-state index >= 15 is 0 Å². The standard InChI is InChI=1S/C27H30N6O2/c1-19-8-10-22(11-9-19)30-24-17-25(29-20(2)28-24)31-12-14-32(15-13-31)27(35)21-16-26(34)33(18-21)23-6-4-3-5-7-23/h3-11,17,21H,12-16,18H2,1-2H3,(H,28,29,30). The number of benzene rings is 2. The second-order valence-electron chi connectivity index (χ2n) is 9.20. The quantitative estimate of drug-likeness (QED) is 0.614. The molecule has 2 fully saturated rings. The number of nitrogens with one attached hydrogen (secondary N) is 1. The summed E-state index contributed by atoms with van der Waals surface area (Å²) in [6.07, 6.45) is 0.271. The van der Waals surface area contributed by atoms with Crippen molar-refractivity contribution in [2.24, 2.45) is 5.92 Å². The van der Waals surface area contributed by atoms with Gasteiger partial charge in [-0.2, -0.15) is 0 Å². The lowest BCUT2D eigenvalue weighted by atomic mass is 10.1. The van der Waals surface area contributed by atoms with E-state index in [1.165, 1.54) is 5.56 Å². The number of para-hydroxylation sites is 1. The summed E-state index contributed by atoms with van der Waals surface area (Å²) in [6, 6.07) is 19.7. The smallest absolute Gasteiger partial charge is 0.228 e. The fourth-order valence-corrected chi connectivity index (χ4v) is 4.71. The summed E-state index contributed by atoms with van der Waals surface area (Å²) in [5, 5.41) is 3.36. The Morgan fingerprint density at radius 1 is 0.943 bits per heavy atom. The molecular weight excluding hydrogens is 440 g/mol. The molecule has 1 N–H and O–H groups in total. The highest BCUT2D eigenvalue weighted by Crippen LogP contribution is 2.27. The van der Waals surface area contributed by atoms with Crippen molar-refractivity contribution in [3.63, 3.8) is 0 Å². The van der Waals surface area contributed by atoms with E-state index in [2.05, 4.69) is 39.2 Å². The summed E-state index contributed by atoms with van der Waals surface area (Å²) in [5.74, 6) is 2.09. The van der Waals surface area contributed by atoms with Gasteiger partial charge in [0.05, 0.1) is 5.92 Å². The molecule has 5 rings (SSSR count). The molecule has 8 heteroatoms. The normalized spacial score (nSPS) is 18.2. The second kappa shape index (κ2) is 9.74. The molecule has 0 bridgehead atoms. The van der Waals surface area contributed by atoms with Crippen LogP contribution in [0.3, 0.4) is 0 Å². The second-order valence-corrected chi connectivity index (χ2v) is 9.20. The van der Waals surface area contributed by atoms with Crippen LogP contribution in [0.25, 0.3) is 0 Å². The summed E-state index contributed by atoms with van der Waals surface area (Å²) in [7, 11) is 0. The highest BCUT2D eigenvalue weighted by Gasteiger charge is 2.38. The maximum Gasteiger partial charge on any atom is 0.228 e. The van der Waals surface area contributed by atoms with Crippen LogP contribution in [0.15, 0.2) is 60.7 Å². The fraction of sp³-hybridized carbons (Fsp3) is 0.333. The van der Waals surface area contributed by atoms with Gasteiger partial charge >= 0.3 is 0 Å². The van der Waals surface area contributed by atoms with Crippen molar-refractivity contribution in [2.45, 2.75) is 20.3 Å². The van der Waals surface area contributed by atoms with Gasteiger partial charge in [0.15, 0.2) is 0 Å². The minimum absolute atomic E-state index is 0.0123. The van der Waals surface area contributed by atoms with Crippen molar-refractivity contribution in [3.05, 3.63) is 72.1 Å². The lowest BCUT2D eigenvalue weighted by Crippen LogP contribution is -2.51. The number of piperazine rings is 1. The fourth-order valence-electron chi connectivity index (χ4n) is 4.71. The number of hydrogen-bond acceptors (Lipinski definition) is 6. The Morgan fingerprint density at radius 2 is 1.66 bits per heavy atom. The number of aryl methyl sites for hydroxylation is 2. The lowest BCUT2D eigenvalue weighted by molar-refractivity contribution is -0.136. The summed E-state index contributed by atoms with van der Waals surface area (Å²) < 4.78 is 0. The molecule has 2 aliphatic heterocycles. The molecule has 2 saturated heterocycles. The number of rotatable bonds is 5. The molecule has 2 aliphatic rings. The van der Waals surface area contributed by atoms with Crippen molar-refractivity contribution in [3.8, 4) is 0 Å². The van der Waals surface area contributed by atoms with Crippen molar-refractivity contribution in [1.82, 2.24) is 14.9 Å². The maximum absolute atomic E-state index is 13.2. The first-order valence-electron chi connectivity index (χ1n) is 12.0. The monoisotopic (exact) mass is 470 g/mol. The predicted octanol–water partition coefficient (Wildman–Crippen LogP) is 3.54. The molecule has 1 unspecified atom stereocenters. The summed E-state index contributed by atoms with van der Waals surface area (Å²) in [5.41, 5.74) is 3.04. The maximum atomic E-state index is 13.2. The Hall–Kier alpha value is -3.94. The Kier molecular flexibility index (Phi) is 6.35. The van der Waals surface area contributed by atoms with Gasteiger partial charge in [-0.25, -0.2) is 9.97 Å². The van der Waals surface area contributed by atoms with Crippen LogP contribution in [0.5, 0.6) is 0 Å². The SMILES string of the molecule is Cc1ccc(Nc2cc(N3CCN(C(=O)C4CC(=O)N(c5ccccc5)C4)CC3)nc(C)n2)cc1. The van der Waals surface area contributed by atoms with Crippen LogP contribution in [-0.2, 0) is 9.59 Å². The largest absolute Gasteiger partial charge is 0.353 e. The Balaban J connectivity index is 1.20. The minimum atomic E-state index is -0.291. The first kappa shape index (κ1) is 22.8. The van der Waals surface area contributed by atoms with E-state index < -0.39 is 0 Å². The van der Waals surface area contributed by atoms with Crippen LogP contribution in [0.1, 0.15) is 17.8 Å². The van der Waals surface area contributed by atoms with Gasteiger partial charge < -0.3 is 20.0 Å². The van der Waals surface area contributed by atoms with Gasteiger partial charge in [-0.3, -0.25) is 9.59 Å². The van der Waals surface area contributed by atoms with Crippen LogP contribution < -0.4 is 15.1 Å². The van der Waals surface area contributed by atoms with Gasteiger partial charge in [-0.05, 0) is 38.1 Å². The van der Waals surface area contributed by atoms with Crippen molar-refractivity contribution < 1.29 is 9.59 Å². The molecule has 3 heterocycles. The van der Waals surface area contributed by atoms with Crippen molar-refractivity contribution in [2.75, 3.05) is 47.8 Å². The molecule has 1 aromatic heterocycles. The molecule has 2 aromatic carbocycles. The van der Waals surface area contributed by atoms with Crippen LogP contribution >= 0.6 is 0 Å². The number of amides is 2. The van der Waals surface area contributed by atoms with Crippen LogP contribution in [0, 0.1) is 19.8 Å². The number of anilines is 4. The first-order valence-corrected chi connectivity index (χ1v) is 12.0. The van der Waals surface area contributed by atoms with E-state index in [1.54, 1.807) is 4.90 Å². The zero-order valence-electron chi connectivity index (χ0n) is 20.1. The molecule has 35 heavy (non-hydrogen) atoms.